The smallest absolute Gasteiger partial charge is 1.00 e. The number of carbonyl (C=O) groups is 2. The van der Waals surface area contributed by atoms with Crippen LogP contribution in [0.4, 0.5) is 0 Å². The molecule has 0 saturated carbocycles. The molecule has 0 spiro atoms. The number of carbonyl (C=O) groups excluding carboxylic acids is 2. The molecule has 0 rings (SSSR count). The second-order valence-corrected chi connectivity index (χ2v) is 6.23. The van der Waals surface area contributed by atoms with E-state index in [0.29, 0.717) is 6.42 Å². The number of nitrogens with two attached hydrogens (primary N) is 1. The Morgan fingerprint density at radius 3 is 1.83 bits per heavy atom. The normalized spacial score (nSPS) is 11.6. The molecule has 0 aliphatic carbocycles. The van der Waals surface area contributed by atoms with Gasteiger partial charge in [-0.15, -0.1) is 0 Å². The minimum Gasteiger partial charge on any atom is -1.00 e. The van der Waals surface area contributed by atoms with E-state index in [1.807, 2.05) is 0 Å². The zero-order valence-electron chi connectivity index (χ0n) is 16.0. The molecule has 0 radical (unpaired) electrons. The van der Waals surface area contributed by atoms with E-state index in [4.69, 9.17) is 5.73 Å². The SMILES string of the molecule is CCCCCCCCCCCCCC(=O)OC(=O)C(N)CS.[H-].[Na+]. The largest absolute Gasteiger partial charge is 1.00 e. The van der Waals surface area contributed by atoms with Gasteiger partial charge in [0.25, 0.3) is 0 Å². The maximum absolute atomic E-state index is 11.4. The van der Waals surface area contributed by atoms with Crippen molar-refractivity contribution in [3.8, 4) is 0 Å². The Bertz CT molecular complexity index is 310. The van der Waals surface area contributed by atoms with Crippen molar-refractivity contribution in [1.29, 1.82) is 0 Å². The Hall–Kier alpha value is 0.450. The minimum atomic E-state index is -0.815. The summed E-state index contributed by atoms with van der Waals surface area (Å²) in [6.45, 7) is 2.24. The first kappa shape index (κ1) is 25.7. The van der Waals surface area contributed by atoms with E-state index in [2.05, 4.69) is 24.3 Å². The molecular weight excluding hydrogens is 321 g/mol. The summed E-state index contributed by atoms with van der Waals surface area (Å²) in [4.78, 5) is 22.7. The van der Waals surface area contributed by atoms with Crippen molar-refractivity contribution >= 4 is 24.6 Å². The molecule has 0 aromatic carbocycles. The maximum atomic E-state index is 11.4. The molecule has 1 atom stereocenters. The van der Waals surface area contributed by atoms with Crippen LogP contribution in [0.3, 0.4) is 0 Å². The van der Waals surface area contributed by atoms with Crippen molar-refractivity contribution in [2.24, 2.45) is 5.73 Å². The first-order valence-electron chi connectivity index (χ1n) is 8.72. The average molecular weight is 356 g/mol. The number of esters is 2. The summed E-state index contributed by atoms with van der Waals surface area (Å²) < 4.78 is 4.64. The Morgan fingerprint density at radius 1 is 0.957 bits per heavy atom. The van der Waals surface area contributed by atoms with Gasteiger partial charge in [-0.05, 0) is 6.42 Å². The quantitative estimate of drug-likeness (QED) is 0.161. The Morgan fingerprint density at radius 2 is 1.39 bits per heavy atom. The van der Waals surface area contributed by atoms with Gasteiger partial charge in [0.2, 0.25) is 0 Å². The summed E-state index contributed by atoms with van der Waals surface area (Å²) in [5.74, 6) is -0.967. The van der Waals surface area contributed by atoms with Crippen molar-refractivity contribution in [1.82, 2.24) is 0 Å². The molecular formula is C17H34NNaO3S. The molecule has 6 heteroatoms. The van der Waals surface area contributed by atoms with Gasteiger partial charge in [0, 0.05) is 12.2 Å². The summed E-state index contributed by atoms with van der Waals surface area (Å²) in [7, 11) is 0. The van der Waals surface area contributed by atoms with Gasteiger partial charge < -0.3 is 11.9 Å². The summed E-state index contributed by atoms with van der Waals surface area (Å²) in [6, 6.07) is -0.815. The Kier molecular flexibility index (Phi) is 21.0. The molecule has 0 aromatic rings. The maximum Gasteiger partial charge on any atom is 1.00 e. The molecule has 132 valence electrons. The molecule has 23 heavy (non-hydrogen) atoms. The standard InChI is InChI=1S/C17H33NO3S.Na.H/c1-2-3-4-5-6-7-8-9-10-11-12-13-16(19)21-17(20)15(18)14-22;;/h15,22H,2-14,18H2,1H3;;/q;+1;-1. The summed E-state index contributed by atoms with van der Waals surface area (Å²) in [5, 5.41) is 0. The van der Waals surface area contributed by atoms with Gasteiger partial charge in [-0.25, -0.2) is 4.79 Å². The van der Waals surface area contributed by atoms with Crippen molar-refractivity contribution in [2.45, 2.75) is 90.0 Å². The zero-order valence-corrected chi connectivity index (χ0v) is 17.9. The fourth-order valence-electron chi connectivity index (χ4n) is 2.25. The predicted octanol–water partition coefficient (Wildman–Crippen LogP) is 1.13. The molecule has 0 aliphatic rings. The van der Waals surface area contributed by atoms with E-state index < -0.39 is 18.0 Å². The van der Waals surface area contributed by atoms with Crippen LogP contribution in [0.1, 0.15) is 85.4 Å². The predicted molar refractivity (Wildman–Crippen MR) is 95.1 cm³/mol. The van der Waals surface area contributed by atoms with Crippen LogP contribution in [-0.2, 0) is 14.3 Å². The number of hydrogen-bond donors (Lipinski definition) is 2. The molecule has 1 unspecified atom stereocenters. The van der Waals surface area contributed by atoms with Crippen LogP contribution in [-0.4, -0.2) is 23.7 Å². The van der Waals surface area contributed by atoms with E-state index in [1.165, 1.54) is 51.4 Å². The Labute approximate surface area is 170 Å². The molecule has 0 saturated heterocycles. The second-order valence-electron chi connectivity index (χ2n) is 5.87. The fraction of sp³-hybridized carbons (Fsp3) is 0.882. The molecule has 0 bridgehead atoms. The molecule has 0 heterocycles. The summed E-state index contributed by atoms with van der Waals surface area (Å²) >= 11 is 3.89. The van der Waals surface area contributed by atoms with Gasteiger partial charge in [0.05, 0.1) is 0 Å². The van der Waals surface area contributed by atoms with Crippen LogP contribution in [0.25, 0.3) is 0 Å². The summed E-state index contributed by atoms with van der Waals surface area (Å²) in [6.07, 6.45) is 13.8. The number of ether oxygens (including phenoxy) is 1. The molecule has 0 aliphatic heterocycles. The third kappa shape index (κ3) is 17.1. The van der Waals surface area contributed by atoms with Gasteiger partial charge in [-0.1, -0.05) is 71.1 Å². The molecule has 2 N–H and O–H groups in total. The van der Waals surface area contributed by atoms with E-state index in [0.717, 1.165) is 19.3 Å². The second kappa shape index (κ2) is 18.8. The van der Waals surface area contributed by atoms with Gasteiger partial charge in [-0.3, -0.25) is 4.79 Å². The van der Waals surface area contributed by atoms with E-state index in [1.54, 1.807) is 0 Å². The average Bonchev–Trinajstić information content (AvgIpc) is 2.51. The van der Waals surface area contributed by atoms with Gasteiger partial charge >= 0.3 is 41.5 Å². The van der Waals surface area contributed by atoms with Crippen molar-refractivity contribution < 1.29 is 45.3 Å². The first-order chi connectivity index (χ1) is 10.6. The molecule has 0 aromatic heterocycles. The van der Waals surface area contributed by atoms with E-state index in [9.17, 15) is 9.59 Å². The number of hydrogen-bond acceptors (Lipinski definition) is 5. The van der Waals surface area contributed by atoms with Gasteiger partial charge in [0.15, 0.2) is 0 Å². The fourth-order valence-corrected chi connectivity index (χ4v) is 2.40. The van der Waals surface area contributed by atoms with Gasteiger partial charge in [-0.2, -0.15) is 12.6 Å². The summed E-state index contributed by atoms with van der Waals surface area (Å²) in [5.41, 5.74) is 5.42. The zero-order chi connectivity index (χ0) is 16.6. The van der Waals surface area contributed by atoms with Crippen LogP contribution in [0, 0.1) is 0 Å². The number of thiol groups is 1. The van der Waals surface area contributed by atoms with Crippen LogP contribution in [0.5, 0.6) is 0 Å². The third-order valence-electron chi connectivity index (χ3n) is 3.70. The van der Waals surface area contributed by atoms with Crippen LogP contribution < -0.4 is 35.3 Å². The van der Waals surface area contributed by atoms with E-state index >= 15 is 0 Å². The van der Waals surface area contributed by atoms with Crippen molar-refractivity contribution in [3.05, 3.63) is 0 Å². The van der Waals surface area contributed by atoms with Crippen molar-refractivity contribution in [3.63, 3.8) is 0 Å². The van der Waals surface area contributed by atoms with Gasteiger partial charge in [0.1, 0.15) is 6.04 Å². The third-order valence-corrected chi connectivity index (χ3v) is 4.09. The Balaban J connectivity index is -0.00000220. The van der Waals surface area contributed by atoms with Crippen molar-refractivity contribution in [2.75, 3.05) is 5.75 Å². The number of unbranched alkanes of at least 4 members (excludes halogenated alkanes) is 10. The monoisotopic (exact) mass is 355 g/mol. The topological polar surface area (TPSA) is 69.4 Å². The van der Waals surface area contributed by atoms with Crippen LogP contribution in [0.15, 0.2) is 0 Å². The first-order valence-corrected chi connectivity index (χ1v) is 9.36. The molecule has 0 fully saturated rings. The van der Waals surface area contributed by atoms with Crippen LogP contribution >= 0.6 is 12.6 Å². The molecule has 0 amide bonds. The van der Waals surface area contributed by atoms with E-state index in [-0.39, 0.29) is 36.7 Å². The molecule has 4 nitrogen and oxygen atoms in total. The van der Waals surface area contributed by atoms with Crippen LogP contribution in [0.2, 0.25) is 0 Å². The minimum absolute atomic E-state index is 0. The number of rotatable bonds is 14.